The topological polar surface area (TPSA) is 124 Å². The molecule has 1 amide bonds. The number of aromatic nitrogens is 4. The molecule has 134 valence electrons. The lowest BCUT2D eigenvalue weighted by atomic mass is 10.2. The molecule has 0 aliphatic rings. The second-order valence-electron chi connectivity index (χ2n) is 5.64. The zero-order valence-electron chi connectivity index (χ0n) is 14.1. The Kier molecular flexibility index (Phi) is 4.40. The van der Waals surface area contributed by atoms with Crippen molar-refractivity contribution in [3.05, 3.63) is 57.0 Å². The lowest BCUT2D eigenvalue weighted by molar-refractivity contribution is -0.121. The number of rotatable bonds is 4. The van der Waals surface area contributed by atoms with Crippen LogP contribution in [0.3, 0.4) is 0 Å². The Hall–Kier alpha value is -3.69. The average Bonchev–Trinajstić information content (AvgIpc) is 3.02. The predicted octanol–water partition coefficient (Wildman–Crippen LogP) is -0.710. The quantitative estimate of drug-likeness (QED) is 0.472. The number of carbonyl (C=O) groups is 1. The molecule has 1 aromatic carbocycles. The normalized spacial score (nSPS) is 11.3. The smallest absolute Gasteiger partial charge is 0.332 e. The number of phenols is 1. The maximum absolute atomic E-state index is 12.3. The minimum atomic E-state index is -0.531. The molecule has 0 bridgehead atoms. The average molecular weight is 356 g/mol. The summed E-state index contributed by atoms with van der Waals surface area (Å²) in [6.07, 6.45) is 2.70. The number of nitrogens with zero attached hydrogens (tertiary/aromatic N) is 5. The third-order valence-electron chi connectivity index (χ3n) is 3.80. The van der Waals surface area contributed by atoms with Crippen molar-refractivity contribution in [3.63, 3.8) is 0 Å². The summed E-state index contributed by atoms with van der Waals surface area (Å²) >= 11 is 0. The van der Waals surface area contributed by atoms with Gasteiger partial charge >= 0.3 is 5.69 Å². The number of aromatic hydroxyl groups is 1. The van der Waals surface area contributed by atoms with Crippen LogP contribution in [0.2, 0.25) is 0 Å². The molecule has 0 unspecified atom stereocenters. The van der Waals surface area contributed by atoms with Crippen LogP contribution in [-0.4, -0.2) is 35.9 Å². The molecule has 0 saturated carbocycles. The van der Waals surface area contributed by atoms with E-state index in [1.54, 1.807) is 12.1 Å². The molecule has 10 nitrogen and oxygen atoms in total. The molecule has 3 aromatic rings. The number of benzene rings is 1. The first-order chi connectivity index (χ1) is 12.4. The van der Waals surface area contributed by atoms with E-state index >= 15 is 0 Å². The minimum Gasteiger partial charge on any atom is -0.508 e. The highest BCUT2D eigenvalue weighted by Gasteiger charge is 2.15. The van der Waals surface area contributed by atoms with Crippen LogP contribution in [0.1, 0.15) is 5.56 Å². The van der Waals surface area contributed by atoms with E-state index in [0.717, 1.165) is 4.57 Å². The number of aryl methyl sites for hydroxylation is 1. The Morgan fingerprint density at radius 2 is 2.08 bits per heavy atom. The summed E-state index contributed by atoms with van der Waals surface area (Å²) in [4.78, 5) is 40.3. The van der Waals surface area contributed by atoms with Gasteiger partial charge in [0.15, 0.2) is 11.2 Å². The minimum absolute atomic E-state index is 0.0895. The van der Waals surface area contributed by atoms with Crippen LogP contribution in [0, 0.1) is 0 Å². The Labute approximate surface area is 146 Å². The van der Waals surface area contributed by atoms with Crippen molar-refractivity contribution in [3.8, 4) is 5.75 Å². The molecule has 2 heterocycles. The monoisotopic (exact) mass is 356 g/mol. The van der Waals surface area contributed by atoms with Crippen molar-refractivity contribution >= 4 is 23.3 Å². The Morgan fingerprint density at radius 3 is 2.81 bits per heavy atom. The second-order valence-corrected chi connectivity index (χ2v) is 5.64. The molecular weight excluding hydrogens is 340 g/mol. The Bertz CT molecular complexity index is 1140. The molecule has 0 saturated heterocycles. The number of hydrogen-bond acceptors (Lipinski definition) is 6. The van der Waals surface area contributed by atoms with Gasteiger partial charge in [0.25, 0.3) is 11.5 Å². The van der Waals surface area contributed by atoms with Gasteiger partial charge < -0.3 is 9.67 Å². The Morgan fingerprint density at radius 1 is 1.31 bits per heavy atom. The lowest BCUT2D eigenvalue weighted by Crippen LogP contribution is -2.38. The van der Waals surface area contributed by atoms with Gasteiger partial charge in [-0.25, -0.2) is 15.2 Å². The Balaban J connectivity index is 1.80. The highest BCUT2D eigenvalue weighted by atomic mass is 16.3. The molecule has 3 rings (SSSR count). The van der Waals surface area contributed by atoms with Crippen LogP contribution in [0.15, 0.2) is 45.3 Å². The van der Waals surface area contributed by atoms with Gasteiger partial charge in [-0.15, -0.1) is 0 Å². The molecule has 0 spiro atoms. The number of fused-ring (bicyclic) bond motifs is 1. The molecule has 26 heavy (non-hydrogen) atoms. The van der Waals surface area contributed by atoms with E-state index in [2.05, 4.69) is 15.5 Å². The van der Waals surface area contributed by atoms with Crippen LogP contribution in [0.5, 0.6) is 5.75 Å². The van der Waals surface area contributed by atoms with Crippen molar-refractivity contribution in [2.24, 2.45) is 19.2 Å². The van der Waals surface area contributed by atoms with Crippen molar-refractivity contribution in [1.82, 2.24) is 24.1 Å². The maximum Gasteiger partial charge on any atom is 0.332 e. The summed E-state index contributed by atoms with van der Waals surface area (Å²) < 4.78 is 3.56. The van der Waals surface area contributed by atoms with Gasteiger partial charge in [0.2, 0.25) is 0 Å². The van der Waals surface area contributed by atoms with Crippen LogP contribution >= 0.6 is 0 Å². The van der Waals surface area contributed by atoms with Crippen molar-refractivity contribution in [2.75, 3.05) is 0 Å². The largest absolute Gasteiger partial charge is 0.508 e. The van der Waals surface area contributed by atoms with E-state index in [1.165, 1.54) is 47.9 Å². The number of hydrogen-bond donors (Lipinski definition) is 2. The summed E-state index contributed by atoms with van der Waals surface area (Å²) in [5.41, 5.74) is 2.28. The van der Waals surface area contributed by atoms with E-state index < -0.39 is 17.2 Å². The van der Waals surface area contributed by atoms with E-state index in [0.29, 0.717) is 5.56 Å². The fourth-order valence-corrected chi connectivity index (χ4v) is 2.49. The standard InChI is InChI=1S/C16H16N6O4/c1-20-14-13(15(25)21(2)16(20)26)22(9-17-14)8-12(24)19-18-7-10-4-3-5-11(23)6-10/h3-7,9,23H,8H2,1-2H3,(H,19,24)/b18-7+. The summed E-state index contributed by atoms with van der Waals surface area (Å²) in [7, 11) is 2.86. The van der Waals surface area contributed by atoms with Crippen molar-refractivity contribution in [1.29, 1.82) is 0 Å². The van der Waals surface area contributed by atoms with Gasteiger partial charge in [0.05, 0.1) is 12.5 Å². The van der Waals surface area contributed by atoms with Gasteiger partial charge in [0, 0.05) is 14.1 Å². The van der Waals surface area contributed by atoms with Gasteiger partial charge in [-0.1, -0.05) is 12.1 Å². The number of carbonyl (C=O) groups excluding carboxylic acids is 1. The molecule has 0 atom stereocenters. The van der Waals surface area contributed by atoms with Crippen LogP contribution in [0.4, 0.5) is 0 Å². The first-order valence-electron chi connectivity index (χ1n) is 7.60. The fraction of sp³-hybridized carbons (Fsp3) is 0.188. The third-order valence-corrected chi connectivity index (χ3v) is 3.80. The van der Waals surface area contributed by atoms with Gasteiger partial charge in [-0.3, -0.25) is 18.7 Å². The molecular formula is C16H16N6O4. The number of hydrazone groups is 1. The summed E-state index contributed by atoms with van der Waals surface area (Å²) in [6.45, 7) is -0.193. The summed E-state index contributed by atoms with van der Waals surface area (Å²) in [5.74, 6) is -0.386. The number of imidazole rings is 1. The molecule has 2 N–H and O–H groups in total. The van der Waals surface area contributed by atoms with E-state index in [4.69, 9.17) is 0 Å². The highest BCUT2D eigenvalue weighted by molar-refractivity contribution is 5.83. The van der Waals surface area contributed by atoms with E-state index in [-0.39, 0.29) is 23.5 Å². The maximum atomic E-state index is 12.3. The fourth-order valence-electron chi connectivity index (χ4n) is 2.49. The molecule has 0 radical (unpaired) electrons. The van der Waals surface area contributed by atoms with Crippen molar-refractivity contribution in [2.45, 2.75) is 6.54 Å². The lowest BCUT2D eigenvalue weighted by Gasteiger charge is -2.06. The molecule has 0 aliphatic carbocycles. The predicted molar refractivity (Wildman–Crippen MR) is 94.1 cm³/mol. The molecule has 10 heteroatoms. The molecule has 0 fully saturated rings. The SMILES string of the molecule is Cn1c(=O)c2c(ncn2CC(=O)N/N=C/c2cccc(O)c2)n(C)c1=O. The first kappa shape index (κ1) is 17.1. The zero-order valence-corrected chi connectivity index (χ0v) is 14.1. The van der Waals surface area contributed by atoms with Gasteiger partial charge in [-0.2, -0.15) is 5.10 Å². The van der Waals surface area contributed by atoms with Gasteiger partial charge in [-0.05, 0) is 17.7 Å². The summed E-state index contributed by atoms with van der Waals surface area (Å²) in [6, 6.07) is 6.37. The molecule has 0 aliphatic heterocycles. The van der Waals surface area contributed by atoms with E-state index in [1.807, 2.05) is 0 Å². The number of amides is 1. The zero-order chi connectivity index (χ0) is 18.8. The van der Waals surface area contributed by atoms with Crippen LogP contribution in [-0.2, 0) is 25.4 Å². The first-order valence-corrected chi connectivity index (χ1v) is 7.60. The van der Waals surface area contributed by atoms with Crippen LogP contribution in [0.25, 0.3) is 11.2 Å². The molecule has 2 aromatic heterocycles. The highest BCUT2D eigenvalue weighted by Crippen LogP contribution is 2.08. The second kappa shape index (κ2) is 6.67. The number of phenolic OH excluding ortho intramolecular Hbond substituents is 1. The van der Waals surface area contributed by atoms with Crippen molar-refractivity contribution < 1.29 is 9.90 Å². The van der Waals surface area contributed by atoms with E-state index in [9.17, 15) is 19.5 Å². The third kappa shape index (κ3) is 3.11. The van der Waals surface area contributed by atoms with Crippen LogP contribution < -0.4 is 16.7 Å². The summed E-state index contributed by atoms with van der Waals surface area (Å²) in [5, 5.41) is 13.2. The van der Waals surface area contributed by atoms with Gasteiger partial charge in [0.1, 0.15) is 12.3 Å². The number of nitrogens with one attached hydrogen (secondary N) is 1.